The Labute approximate surface area is 112 Å². The fourth-order valence-electron chi connectivity index (χ4n) is 1.32. The molecule has 0 radical (unpaired) electrons. The van der Waals surface area contributed by atoms with Crippen LogP contribution in [0.25, 0.3) is 11.3 Å². The van der Waals surface area contributed by atoms with Crippen molar-refractivity contribution in [2.24, 2.45) is 5.73 Å². The smallest absolute Gasteiger partial charge is 0.250 e. The van der Waals surface area contributed by atoms with Crippen LogP contribution in [0.2, 0.25) is 0 Å². The molecule has 2 rings (SSSR count). The molecule has 0 aliphatic rings. The summed E-state index contributed by atoms with van der Waals surface area (Å²) in [5, 5.41) is 0. The van der Waals surface area contributed by atoms with Crippen LogP contribution in [0.15, 0.2) is 48.7 Å². The van der Waals surface area contributed by atoms with Crippen molar-refractivity contribution in [3.05, 3.63) is 54.2 Å². The van der Waals surface area contributed by atoms with E-state index < -0.39 is 5.91 Å². The van der Waals surface area contributed by atoms with Crippen LogP contribution in [-0.4, -0.2) is 10.9 Å². The van der Waals surface area contributed by atoms with Crippen LogP contribution < -0.4 is 5.73 Å². The number of amides is 1. The number of hydrogen-bond donors (Lipinski definition) is 1. The molecule has 0 aliphatic heterocycles. The zero-order chi connectivity index (χ0) is 10.7. The Hall–Kier alpha value is -1.58. The fraction of sp³-hybridized carbons (Fsp3) is 0. The van der Waals surface area contributed by atoms with Gasteiger partial charge in [-0.3, -0.25) is 9.78 Å². The number of benzene rings is 1. The highest BCUT2D eigenvalue weighted by Gasteiger charge is 2.01. The lowest BCUT2D eigenvalue weighted by atomic mass is 10.1. The van der Waals surface area contributed by atoms with Gasteiger partial charge in [-0.05, 0) is 12.1 Å². The standard InChI is InChI=1S/C12H10N2O.2ClH/c13-12(15)10-6-7-11(14-8-10)9-4-2-1-3-5-9;;/h1-8H,(H2,13,15);2*1H. The van der Waals surface area contributed by atoms with Gasteiger partial charge in [0.2, 0.25) is 5.91 Å². The lowest BCUT2D eigenvalue weighted by Crippen LogP contribution is -2.10. The first-order valence-electron chi connectivity index (χ1n) is 4.58. The molecule has 0 saturated heterocycles. The monoisotopic (exact) mass is 270 g/mol. The first-order chi connectivity index (χ1) is 7.27. The number of aromatic nitrogens is 1. The molecule has 1 aromatic heterocycles. The summed E-state index contributed by atoms with van der Waals surface area (Å²) in [6.45, 7) is 0. The maximum absolute atomic E-state index is 10.8. The van der Waals surface area contributed by atoms with Crippen molar-refractivity contribution >= 4 is 30.7 Å². The average Bonchev–Trinajstić information content (AvgIpc) is 2.30. The molecule has 0 spiro atoms. The van der Waals surface area contributed by atoms with E-state index in [1.165, 1.54) is 6.20 Å². The lowest BCUT2D eigenvalue weighted by Gasteiger charge is -2.00. The van der Waals surface area contributed by atoms with Crippen LogP contribution in [0.4, 0.5) is 0 Å². The molecule has 5 heteroatoms. The first-order valence-corrected chi connectivity index (χ1v) is 4.58. The van der Waals surface area contributed by atoms with Gasteiger partial charge in [-0.2, -0.15) is 0 Å². The molecule has 0 aliphatic carbocycles. The van der Waals surface area contributed by atoms with Crippen LogP contribution in [0.1, 0.15) is 10.4 Å². The van der Waals surface area contributed by atoms with E-state index in [2.05, 4.69) is 4.98 Å². The minimum atomic E-state index is -0.456. The van der Waals surface area contributed by atoms with Crippen molar-refractivity contribution < 1.29 is 4.79 Å². The predicted molar refractivity (Wildman–Crippen MR) is 72.7 cm³/mol. The number of rotatable bonds is 2. The molecule has 1 amide bonds. The number of carbonyl (C=O) groups excluding carboxylic acids is 1. The van der Waals surface area contributed by atoms with E-state index in [4.69, 9.17) is 5.73 Å². The second-order valence-electron chi connectivity index (χ2n) is 3.16. The van der Waals surface area contributed by atoms with Gasteiger partial charge >= 0.3 is 0 Å². The van der Waals surface area contributed by atoms with Crippen LogP contribution >= 0.6 is 24.8 Å². The van der Waals surface area contributed by atoms with Crippen LogP contribution in [0.3, 0.4) is 0 Å². The summed E-state index contributed by atoms with van der Waals surface area (Å²) < 4.78 is 0. The number of halogens is 2. The van der Waals surface area contributed by atoms with Crippen LogP contribution in [0.5, 0.6) is 0 Å². The summed E-state index contributed by atoms with van der Waals surface area (Å²) in [4.78, 5) is 15.0. The Morgan fingerprint density at radius 3 is 2.12 bits per heavy atom. The van der Waals surface area contributed by atoms with E-state index in [0.29, 0.717) is 5.56 Å². The Kier molecular flexibility index (Phi) is 6.25. The van der Waals surface area contributed by atoms with Crippen molar-refractivity contribution in [3.63, 3.8) is 0 Å². The van der Waals surface area contributed by atoms with Gasteiger partial charge in [0, 0.05) is 11.8 Å². The Balaban J connectivity index is 0.00000128. The maximum atomic E-state index is 10.8. The van der Waals surface area contributed by atoms with Crippen molar-refractivity contribution in [3.8, 4) is 11.3 Å². The van der Waals surface area contributed by atoms with Crippen molar-refractivity contribution in [1.82, 2.24) is 4.98 Å². The highest BCUT2D eigenvalue weighted by molar-refractivity contribution is 5.92. The normalized spacial score (nSPS) is 8.71. The highest BCUT2D eigenvalue weighted by Crippen LogP contribution is 2.15. The molecular formula is C12H12Cl2N2O. The Morgan fingerprint density at radius 1 is 1.00 bits per heavy atom. The van der Waals surface area contributed by atoms with Gasteiger partial charge in [0.05, 0.1) is 11.3 Å². The number of primary amides is 1. The largest absolute Gasteiger partial charge is 0.366 e. The summed E-state index contributed by atoms with van der Waals surface area (Å²) in [5.41, 5.74) is 7.40. The number of pyridine rings is 1. The summed E-state index contributed by atoms with van der Waals surface area (Å²) >= 11 is 0. The molecule has 1 heterocycles. The number of nitrogens with zero attached hydrogens (tertiary/aromatic N) is 1. The molecule has 1 aromatic carbocycles. The van der Waals surface area contributed by atoms with Gasteiger partial charge in [0.15, 0.2) is 0 Å². The van der Waals surface area contributed by atoms with Crippen LogP contribution in [-0.2, 0) is 0 Å². The molecule has 90 valence electrons. The molecule has 3 nitrogen and oxygen atoms in total. The third-order valence-electron chi connectivity index (χ3n) is 2.12. The SMILES string of the molecule is Cl.Cl.NC(=O)c1ccc(-c2ccccc2)nc1. The van der Waals surface area contributed by atoms with Gasteiger partial charge in [-0.1, -0.05) is 30.3 Å². The summed E-state index contributed by atoms with van der Waals surface area (Å²) in [5.74, 6) is -0.456. The zero-order valence-corrected chi connectivity index (χ0v) is 10.5. The molecule has 0 bridgehead atoms. The minimum Gasteiger partial charge on any atom is -0.366 e. The van der Waals surface area contributed by atoms with E-state index >= 15 is 0 Å². The molecule has 0 saturated carbocycles. The molecule has 0 fully saturated rings. The van der Waals surface area contributed by atoms with Gasteiger partial charge in [0.1, 0.15) is 0 Å². The number of carbonyl (C=O) groups is 1. The van der Waals surface area contributed by atoms with Gasteiger partial charge < -0.3 is 5.73 Å². The minimum absolute atomic E-state index is 0. The third kappa shape index (κ3) is 3.73. The third-order valence-corrected chi connectivity index (χ3v) is 2.12. The van der Waals surface area contributed by atoms with Crippen molar-refractivity contribution in [1.29, 1.82) is 0 Å². The molecule has 2 aromatic rings. The van der Waals surface area contributed by atoms with Gasteiger partial charge in [-0.25, -0.2) is 0 Å². The predicted octanol–water partition coefficient (Wildman–Crippen LogP) is 2.69. The van der Waals surface area contributed by atoms with Crippen LogP contribution in [0, 0.1) is 0 Å². The first kappa shape index (κ1) is 15.4. The zero-order valence-electron chi connectivity index (χ0n) is 8.87. The van der Waals surface area contributed by atoms with Gasteiger partial charge in [-0.15, -0.1) is 24.8 Å². The number of nitrogens with two attached hydrogens (primary N) is 1. The van der Waals surface area contributed by atoms with E-state index in [0.717, 1.165) is 11.3 Å². The van der Waals surface area contributed by atoms with E-state index in [1.807, 2.05) is 30.3 Å². The lowest BCUT2D eigenvalue weighted by molar-refractivity contribution is 0.1000. The number of hydrogen-bond acceptors (Lipinski definition) is 2. The molecule has 17 heavy (non-hydrogen) atoms. The van der Waals surface area contributed by atoms with Crippen molar-refractivity contribution in [2.45, 2.75) is 0 Å². The van der Waals surface area contributed by atoms with Crippen molar-refractivity contribution in [2.75, 3.05) is 0 Å². The second-order valence-corrected chi connectivity index (χ2v) is 3.16. The Morgan fingerprint density at radius 2 is 1.65 bits per heavy atom. The van der Waals surface area contributed by atoms with E-state index in [9.17, 15) is 4.79 Å². The van der Waals surface area contributed by atoms with E-state index in [1.54, 1.807) is 12.1 Å². The summed E-state index contributed by atoms with van der Waals surface area (Å²) in [6, 6.07) is 13.2. The highest BCUT2D eigenvalue weighted by atomic mass is 35.5. The topological polar surface area (TPSA) is 56.0 Å². The summed E-state index contributed by atoms with van der Waals surface area (Å²) in [6.07, 6.45) is 1.49. The average molecular weight is 271 g/mol. The quantitative estimate of drug-likeness (QED) is 0.912. The molecule has 0 atom stereocenters. The Bertz CT molecular complexity index is 472. The van der Waals surface area contributed by atoms with Gasteiger partial charge in [0.25, 0.3) is 0 Å². The molecular weight excluding hydrogens is 259 g/mol. The van der Waals surface area contributed by atoms with E-state index in [-0.39, 0.29) is 24.8 Å². The molecule has 2 N–H and O–H groups in total. The fourth-order valence-corrected chi connectivity index (χ4v) is 1.32. The maximum Gasteiger partial charge on any atom is 0.250 e. The second kappa shape index (κ2) is 6.89. The molecule has 0 unspecified atom stereocenters. The summed E-state index contributed by atoms with van der Waals surface area (Å²) in [7, 11) is 0.